The highest BCUT2D eigenvalue weighted by Gasteiger charge is 2.37. The first-order valence-electron chi connectivity index (χ1n) is 6.21. The Morgan fingerprint density at radius 1 is 1.63 bits per heavy atom. The Bertz CT molecular complexity index is 447. The molecule has 0 bridgehead atoms. The van der Waals surface area contributed by atoms with Crippen LogP contribution in [0, 0.1) is 5.92 Å². The summed E-state index contributed by atoms with van der Waals surface area (Å²) in [5.41, 5.74) is 0. The van der Waals surface area contributed by atoms with Crippen molar-refractivity contribution in [1.29, 1.82) is 0 Å². The van der Waals surface area contributed by atoms with E-state index in [0.717, 1.165) is 0 Å². The third kappa shape index (κ3) is 3.01. The molecule has 0 radical (unpaired) electrons. The lowest BCUT2D eigenvalue weighted by molar-refractivity contribution is -0.142. The second-order valence-electron chi connectivity index (χ2n) is 4.58. The van der Waals surface area contributed by atoms with E-state index in [2.05, 4.69) is 20.5 Å². The van der Waals surface area contributed by atoms with E-state index in [9.17, 15) is 9.59 Å². The lowest BCUT2D eigenvalue weighted by Gasteiger charge is -2.23. The van der Waals surface area contributed by atoms with Gasteiger partial charge in [0, 0.05) is 25.6 Å². The number of nitrogens with one attached hydrogen (secondary N) is 2. The molecule has 2 rings (SSSR count). The van der Waals surface area contributed by atoms with E-state index in [-0.39, 0.29) is 12.1 Å². The number of hydrogen-bond donors (Lipinski definition) is 3. The fourth-order valence-electron chi connectivity index (χ4n) is 2.30. The maximum absolute atomic E-state index is 11.9. The van der Waals surface area contributed by atoms with Crippen LogP contribution in [0.25, 0.3) is 0 Å². The molecule has 0 aliphatic carbocycles. The zero-order valence-electron chi connectivity index (χ0n) is 10.7. The van der Waals surface area contributed by atoms with Crippen molar-refractivity contribution in [1.82, 2.24) is 25.4 Å². The molecule has 1 aliphatic heterocycles. The van der Waals surface area contributed by atoms with Crippen LogP contribution >= 0.6 is 0 Å². The smallest absolute Gasteiger partial charge is 0.317 e. The molecule has 1 saturated heterocycles. The third-order valence-electron chi connectivity index (χ3n) is 3.44. The van der Waals surface area contributed by atoms with Gasteiger partial charge in [-0.3, -0.25) is 9.89 Å². The Hall–Kier alpha value is -2.12. The SMILES string of the molecule is CC1C(C(=O)O)CCN1C(=O)NCCc1ncn[nH]1. The van der Waals surface area contributed by atoms with Gasteiger partial charge in [0.05, 0.1) is 5.92 Å². The number of urea groups is 1. The zero-order valence-corrected chi connectivity index (χ0v) is 10.7. The number of aliphatic carboxylic acids is 1. The number of H-pyrrole nitrogens is 1. The molecule has 0 spiro atoms. The number of hydrogen-bond acceptors (Lipinski definition) is 4. The summed E-state index contributed by atoms with van der Waals surface area (Å²) in [5, 5.41) is 18.2. The molecule has 0 saturated carbocycles. The topological polar surface area (TPSA) is 111 Å². The largest absolute Gasteiger partial charge is 0.481 e. The van der Waals surface area contributed by atoms with Crippen molar-refractivity contribution in [3.63, 3.8) is 0 Å². The monoisotopic (exact) mass is 267 g/mol. The molecule has 104 valence electrons. The molecule has 2 atom stereocenters. The first-order chi connectivity index (χ1) is 9.09. The lowest BCUT2D eigenvalue weighted by atomic mass is 10.0. The summed E-state index contributed by atoms with van der Waals surface area (Å²) >= 11 is 0. The van der Waals surface area contributed by atoms with Crippen molar-refractivity contribution in [3.05, 3.63) is 12.2 Å². The Labute approximate surface area is 110 Å². The Morgan fingerprint density at radius 2 is 2.42 bits per heavy atom. The number of rotatable bonds is 4. The van der Waals surface area contributed by atoms with E-state index in [4.69, 9.17) is 5.11 Å². The van der Waals surface area contributed by atoms with Crippen LogP contribution < -0.4 is 5.32 Å². The summed E-state index contributed by atoms with van der Waals surface area (Å²) in [5.74, 6) is -0.609. The van der Waals surface area contributed by atoms with Crippen LogP contribution in [0.4, 0.5) is 4.79 Å². The van der Waals surface area contributed by atoms with Crippen molar-refractivity contribution in [3.8, 4) is 0 Å². The van der Waals surface area contributed by atoms with Crippen LogP contribution in [0.2, 0.25) is 0 Å². The average Bonchev–Trinajstić information content (AvgIpc) is 2.98. The van der Waals surface area contributed by atoms with Crippen LogP contribution in [0.15, 0.2) is 6.33 Å². The van der Waals surface area contributed by atoms with Gasteiger partial charge in [-0.25, -0.2) is 9.78 Å². The van der Waals surface area contributed by atoms with Gasteiger partial charge in [-0.2, -0.15) is 5.10 Å². The Balaban J connectivity index is 1.79. The van der Waals surface area contributed by atoms with E-state index in [0.29, 0.717) is 31.8 Å². The number of carbonyl (C=O) groups excluding carboxylic acids is 1. The Kier molecular flexibility index (Phi) is 3.98. The number of aromatic amines is 1. The van der Waals surface area contributed by atoms with Gasteiger partial charge in [-0.05, 0) is 13.3 Å². The van der Waals surface area contributed by atoms with E-state index >= 15 is 0 Å². The second-order valence-corrected chi connectivity index (χ2v) is 4.58. The van der Waals surface area contributed by atoms with Gasteiger partial charge >= 0.3 is 12.0 Å². The summed E-state index contributed by atoms with van der Waals surface area (Å²) in [7, 11) is 0. The molecule has 8 heteroatoms. The van der Waals surface area contributed by atoms with Crippen LogP contribution in [0.3, 0.4) is 0 Å². The molecule has 1 aliphatic rings. The van der Waals surface area contributed by atoms with E-state index < -0.39 is 11.9 Å². The molecule has 2 unspecified atom stereocenters. The maximum Gasteiger partial charge on any atom is 0.317 e. The van der Waals surface area contributed by atoms with Crippen molar-refractivity contribution in [2.45, 2.75) is 25.8 Å². The normalized spacial score (nSPS) is 22.5. The Morgan fingerprint density at radius 3 is 3.00 bits per heavy atom. The van der Waals surface area contributed by atoms with E-state index in [1.807, 2.05) is 0 Å². The quantitative estimate of drug-likeness (QED) is 0.702. The number of nitrogens with zero attached hydrogens (tertiary/aromatic N) is 3. The summed E-state index contributed by atoms with van der Waals surface area (Å²) in [6.45, 7) is 2.68. The predicted molar refractivity (Wildman–Crippen MR) is 65.4 cm³/mol. The summed E-state index contributed by atoms with van der Waals surface area (Å²) in [6, 6.07) is -0.501. The third-order valence-corrected chi connectivity index (χ3v) is 3.44. The van der Waals surface area contributed by atoms with Crippen molar-refractivity contribution >= 4 is 12.0 Å². The van der Waals surface area contributed by atoms with Gasteiger partial charge in [0.1, 0.15) is 12.2 Å². The van der Waals surface area contributed by atoms with Crippen molar-refractivity contribution in [2.75, 3.05) is 13.1 Å². The highest BCUT2D eigenvalue weighted by molar-refractivity contribution is 5.78. The van der Waals surface area contributed by atoms with E-state index in [1.165, 1.54) is 6.33 Å². The summed E-state index contributed by atoms with van der Waals surface area (Å²) in [4.78, 5) is 28.4. The molecule has 1 aromatic heterocycles. The minimum absolute atomic E-state index is 0.226. The highest BCUT2D eigenvalue weighted by Crippen LogP contribution is 2.24. The number of carbonyl (C=O) groups is 2. The minimum atomic E-state index is -0.843. The minimum Gasteiger partial charge on any atom is -0.481 e. The standard InChI is InChI=1S/C11H17N5O3/c1-7-8(10(17)18)3-5-16(7)11(19)12-4-2-9-13-6-14-15-9/h6-8H,2-5H2,1H3,(H,12,19)(H,17,18)(H,13,14,15). The van der Waals surface area contributed by atoms with Gasteiger partial charge in [-0.15, -0.1) is 0 Å². The molecule has 2 amide bonds. The average molecular weight is 267 g/mol. The fourth-order valence-corrected chi connectivity index (χ4v) is 2.30. The number of aromatic nitrogens is 3. The zero-order chi connectivity index (χ0) is 13.8. The second kappa shape index (κ2) is 5.68. The van der Waals surface area contributed by atoms with Gasteiger partial charge in [-0.1, -0.05) is 0 Å². The molecule has 2 heterocycles. The van der Waals surface area contributed by atoms with Gasteiger partial charge in [0.25, 0.3) is 0 Å². The summed E-state index contributed by atoms with van der Waals surface area (Å²) < 4.78 is 0. The molecule has 19 heavy (non-hydrogen) atoms. The molecular formula is C11H17N5O3. The molecular weight excluding hydrogens is 250 g/mol. The number of amides is 2. The van der Waals surface area contributed by atoms with Gasteiger partial charge in [0.2, 0.25) is 0 Å². The molecule has 1 aromatic rings. The number of carboxylic acid groups (broad SMARTS) is 1. The maximum atomic E-state index is 11.9. The predicted octanol–water partition coefficient (Wildman–Crippen LogP) is -0.148. The van der Waals surface area contributed by atoms with Crippen LogP contribution in [-0.2, 0) is 11.2 Å². The fraction of sp³-hybridized carbons (Fsp3) is 0.636. The molecule has 1 fully saturated rings. The molecule has 3 N–H and O–H groups in total. The molecule has 0 aromatic carbocycles. The number of likely N-dealkylation sites (tertiary alicyclic amines) is 1. The van der Waals surface area contributed by atoms with Gasteiger partial charge < -0.3 is 15.3 Å². The van der Waals surface area contributed by atoms with Crippen molar-refractivity contribution < 1.29 is 14.7 Å². The first kappa shape index (κ1) is 13.3. The van der Waals surface area contributed by atoms with Crippen LogP contribution in [0.1, 0.15) is 19.2 Å². The van der Waals surface area contributed by atoms with Crippen LogP contribution in [-0.4, -0.2) is 56.3 Å². The van der Waals surface area contributed by atoms with E-state index in [1.54, 1.807) is 11.8 Å². The van der Waals surface area contributed by atoms with Crippen molar-refractivity contribution in [2.24, 2.45) is 5.92 Å². The van der Waals surface area contributed by atoms with Gasteiger partial charge in [0.15, 0.2) is 0 Å². The van der Waals surface area contributed by atoms with Crippen LogP contribution in [0.5, 0.6) is 0 Å². The highest BCUT2D eigenvalue weighted by atomic mass is 16.4. The summed E-state index contributed by atoms with van der Waals surface area (Å²) in [6.07, 6.45) is 2.49. The first-order valence-corrected chi connectivity index (χ1v) is 6.21. The lowest BCUT2D eigenvalue weighted by Crippen LogP contribution is -2.44. The molecule has 8 nitrogen and oxygen atoms in total. The number of carboxylic acids is 1.